The average Bonchev–Trinajstić information content (AvgIpc) is 3.06. The van der Waals surface area contributed by atoms with Gasteiger partial charge in [-0.15, -0.1) is 11.3 Å². The predicted octanol–water partition coefficient (Wildman–Crippen LogP) is 3.54. The van der Waals surface area contributed by atoms with Crippen LogP contribution in [0.2, 0.25) is 0 Å². The third kappa shape index (κ3) is 3.21. The van der Waals surface area contributed by atoms with Gasteiger partial charge in [0.1, 0.15) is 0 Å². The summed E-state index contributed by atoms with van der Waals surface area (Å²) < 4.78 is 0. The quantitative estimate of drug-likeness (QED) is 0.896. The number of urea groups is 1. The molecule has 0 spiro atoms. The number of nitrogens with one attached hydrogen (secondary N) is 1. The van der Waals surface area contributed by atoms with E-state index in [-0.39, 0.29) is 11.6 Å². The van der Waals surface area contributed by atoms with Gasteiger partial charge < -0.3 is 10.2 Å². The zero-order valence-corrected chi connectivity index (χ0v) is 15.8. The Kier molecular flexibility index (Phi) is 4.05. The van der Waals surface area contributed by atoms with E-state index in [1.165, 1.54) is 43.4 Å². The summed E-state index contributed by atoms with van der Waals surface area (Å²) in [5.41, 5.74) is 0.139. The molecule has 2 amide bonds. The minimum Gasteiger partial charge on any atom is -0.333 e. The summed E-state index contributed by atoms with van der Waals surface area (Å²) in [6, 6.07) is 4.53. The second kappa shape index (κ2) is 6.27. The molecular formula is C20H29N3OS. The van der Waals surface area contributed by atoms with E-state index >= 15 is 0 Å². The van der Waals surface area contributed by atoms with Gasteiger partial charge in [-0.3, -0.25) is 4.90 Å². The molecule has 0 radical (unpaired) electrons. The number of thiophene rings is 1. The van der Waals surface area contributed by atoms with E-state index in [0.29, 0.717) is 0 Å². The molecule has 5 heteroatoms. The molecule has 6 rings (SSSR count). The van der Waals surface area contributed by atoms with Gasteiger partial charge in [0.05, 0.1) is 0 Å². The van der Waals surface area contributed by atoms with Crippen LogP contribution >= 0.6 is 11.3 Å². The van der Waals surface area contributed by atoms with Gasteiger partial charge in [-0.2, -0.15) is 0 Å². The lowest BCUT2D eigenvalue weighted by Crippen LogP contribution is -2.63. The van der Waals surface area contributed by atoms with Gasteiger partial charge in [0.25, 0.3) is 0 Å². The molecule has 2 heterocycles. The number of amides is 2. The molecule has 1 N–H and O–H groups in total. The van der Waals surface area contributed by atoms with Crippen molar-refractivity contribution in [1.82, 2.24) is 15.1 Å². The molecule has 136 valence electrons. The van der Waals surface area contributed by atoms with E-state index in [1.54, 1.807) is 0 Å². The number of piperazine rings is 1. The van der Waals surface area contributed by atoms with Crippen LogP contribution in [0.1, 0.15) is 43.4 Å². The Balaban J connectivity index is 1.16. The monoisotopic (exact) mass is 359 g/mol. The number of hydrogen-bond acceptors (Lipinski definition) is 3. The van der Waals surface area contributed by atoms with E-state index in [1.807, 2.05) is 11.3 Å². The zero-order valence-electron chi connectivity index (χ0n) is 15.0. The van der Waals surface area contributed by atoms with Crippen molar-refractivity contribution in [1.29, 1.82) is 0 Å². The Morgan fingerprint density at radius 1 is 1.08 bits per heavy atom. The number of carbonyl (C=O) groups excluding carboxylic acids is 1. The Morgan fingerprint density at radius 2 is 1.72 bits per heavy atom. The van der Waals surface area contributed by atoms with Crippen LogP contribution in [-0.2, 0) is 6.54 Å². The predicted molar refractivity (Wildman–Crippen MR) is 101 cm³/mol. The molecule has 1 aromatic rings. The third-order valence-corrected chi connectivity index (χ3v) is 7.89. The van der Waals surface area contributed by atoms with Crippen LogP contribution < -0.4 is 5.32 Å². The largest absolute Gasteiger partial charge is 0.333 e. The van der Waals surface area contributed by atoms with Crippen molar-refractivity contribution in [3.05, 3.63) is 22.4 Å². The van der Waals surface area contributed by atoms with Crippen molar-refractivity contribution in [2.45, 2.75) is 50.6 Å². The summed E-state index contributed by atoms with van der Waals surface area (Å²) in [7, 11) is 0. The van der Waals surface area contributed by atoms with Gasteiger partial charge in [-0.05, 0) is 67.7 Å². The van der Waals surface area contributed by atoms with Gasteiger partial charge in [-0.25, -0.2) is 4.79 Å². The SMILES string of the molecule is O=C(NC12CC3CC(CC(C3)C1)C2)N1CCN(Cc2cccs2)CC1. The fourth-order valence-corrected chi connectivity index (χ4v) is 7.05. The molecule has 0 unspecified atom stereocenters. The fourth-order valence-electron chi connectivity index (χ4n) is 6.30. The Bertz CT molecular complexity index is 586. The summed E-state index contributed by atoms with van der Waals surface area (Å²) in [6.45, 7) is 4.74. The number of nitrogens with zero attached hydrogens (tertiary/aromatic N) is 2. The van der Waals surface area contributed by atoms with Crippen LogP contribution in [0, 0.1) is 17.8 Å². The summed E-state index contributed by atoms with van der Waals surface area (Å²) in [6.07, 6.45) is 8.00. The van der Waals surface area contributed by atoms with Crippen LogP contribution in [0.5, 0.6) is 0 Å². The molecule has 4 bridgehead atoms. The van der Waals surface area contributed by atoms with Gasteiger partial charge >= 0.3 is 6.03 Å². The van der Waals surface area contributed by atoms with Gasteiger partial charge in [0.15, 0.2) is 0 Å². The number of rotatable bonds is 3. The van der Waals surface area contributed by atoms with E-state index in [0.717, 1.165) is 50.5 Å². The summed E-state index contributed by atoms with van der Waals surface area (Å²) in [5.74, 6) is 2.65. The van der Waals surface area contributed by atoms with Gasteiger partial charge in [0, 0.05) is 43.1 Å². The molecule has 4 nitrogen and oxygen atoms in total. The summed E-state index contributed by atoms with van der Waals surface area (Å²) >= 11 is 1.83. The van der Waals surface area contributed by atoms with Crippen molar-refractivity contribution in [2.24, 2.45) is 17.8 Å². The maximum absolute atomic E-state index is 12.9. The molecule has 1 aromatic heterocycles. The standard InChI is InChI=1S/C20H29N3OS/c24-19(21-20-11-15-8-16(12-20)10-17(9-15)13-20)23-5-3-22(4-6-23)14-18-2-1-7-25-18/h1-2,7,15-17H,3-6,8-14H2,(H,21,24). The number of hydrogen-bond donors (Lipinski definition) is 1. The summed E-state index contributed by atoms with van der Waals surface area (Å²) in [5, 5.41) is 5.67. The molecule has 5 aliphatic rings. The molecule has 4 saturated carbocycles. The van der Waals surface area contributed by atoms with E-state index in [9.17, 15) is 4.79 Å². The Morgan fingerprint density at radius 3 is 2.28 bits per heavy atom. The molecule has 1 aliphatic heterocycles. The van der Waals surface area contributed by atoms with Crippen LogP contribution in [-0.4, -0.2) is 47.5 Å². The van der Waals surface area contributed by atoms with Crippen molar-refractivity contribution in [3.63, 3.8) is 0 Å². The molecular weight excluding hydrogens is 330 g/mol. The van der Waals surface area contributed by atoms with Gasteiger partial charge in [0.2, 0.25) is 0 Å². The number of carbonyl (C=O) groups is 1. The molecule has 0 aromatic carbocycles. The first-order valence-electron chi connectivity index (χ1n) is 9.99. The highest BCUT2D eigenvalue weighted by atomic mass is 32.1. The first-order chi connectivity index (χ1) is 12.2. The lowest BCUT2D eigenvalue weighted by molar-refractivity contribution is -0.0165. The minimum absolute atomic E-state index is 0.139. The lowest BCUT2D eigenvalue weighted by Gasteiger charge is -2.57. The minimum atomic E-state index is 0.139. The molecule has 0 atom stereocenters. The first kappa shape index (κ1) is 16.1. The molecule has 5 fully saturated rings. The Labute approximate surface area is 154 Å². The van der Waals surface area contributed by atoms with Crippen molar-refractivity contribution >= 4 is 17.4 Å². The lowest BCUT2D eigenvalue weighted by atomic mass is 9.53. The maximum Gasteiger partial charge on any atom is 0.317 e. The highest BCUT2D eigenvalue weighted by Gasteiger charge is 2.51. The first-order valence-corrected chi connectivity index (χ1v) is 10.9. The fraction of sp³-hybridized carbons (Fsp3) is 0.750. The molecule has 1 saturated heterocycles. The second-order valence-corrected chi connectivity index (χ2v) is 10.0. The van der Waals surface area contributed by atoms with Gasteiger partial charge in [-0.1, -0.05) is 6.07 Å². The second-order valence-electron chi connectivity index (χ2n) is 8.97. The van der Waals surface area contributed by atoms with Crippen molar-refractivity contribution in [2.75, 3.05) is 26.2 Å². The van der Waals surface area contributed by atoms with Crippen LogP contribution in [0.15, 0.2) is 17.5 Å². The maximum atomic E-state index is 12.9. The van der Waals surface area contributed by atoms with Crippen LogP contribution in [0.3, 0.4) is 0 Å². The highest BCUT2D eigenvalue weighted by Crippen LogP contribution is 2.55. The highest BCUT2D eigenvalue weighted by molar-refractivity contribution is 7.09. The summed E-state index contributed by atoms with van der Waals surface area (Å²) in [4.78, 5) is 18.9. The van der Waals surface area contributed by atoms with Crippen molar-refractivity contribution in [3.8, 4) is 0 Å². The van der Waals surface area contributed by atoms with E-state index < -0.39 is 0 Å². The van der Waals surface area contributed by atoms with Crippen molar-refractivity contribution < 1.29 is 4.79 Å². The topological polar surface area (TPSA) is 35.6 Å². The Hall–Kier alpha value is -1.07. The van der Waals surface area contributed by atoms with E-state index in [4.69, 9.17) is 0 Å². The zero-order chi connectivity index (χ0) is 16.9. The van der Waals surface area contributed by atoms with Crippen LogP contribution in [0.4, 0.5) is 4.79 Å². The normalized spacial score (nSPS) is 37.4. The average molecular weight is 360 g/mol. The smallest absolute Gasteiger partial charge is 0.317 e. The molecule has 25 heavy (non-hydrogen) atoms. The van der Waals surface area contributed by atoms with Crippen LogP contribution in [0.25, 0.3) is 0 Å². The van der Waals surface area contributed by atoms with E-state index in [2.05, 4.69) is 32.6 Å². The molecule has 4 aliphatic carbocycles. The third-order valence-electron chi connectivity index (χ3n) is 7.03.